The third-order valence-corrected chi connectivity index (χ3v) is 6.34. The number of unbranched alkanes of at least 4 members (excludes halogenated alkanes) is 3. The number of nitrogens with zero attached hydrogens (tertiary/aromatic N) is 2. The van der Waals surface area contributed by atoms with E-state index in [2.05, 4.69) is 56.2 Å². The van der Waals surface area contributed by atoms with Crippen molar-refractivity contribution in [3.05, 3.63) is 65.7 Å². The van der Waals surface area contributed by atoms with Gasteiger partial charge in [0, 0.05) is 30.2 Å². The maximum Gasteiger partial charge on any atom is 0.175 e. The number of aromatic hydroxyl groups is 1. The van der Waals surface area contributed by atoms with E-state index in [0.29, 0.717) is 17.0 Å². The molecule has 0 radical (unpaired) electrons. The Bertz CT molecular complexity index is 1220. The number of phenolic OH excluding ortho intramolecular Hbond substituents is 1. The summed E-state index contributed by atoms with van der Waals surface area (Å²) in [6.45, 7) is 33.3. The molecule has 47 heavy (non-hydrogen) atoms. The number of fused-ring (bicyclic) bond motifs is 1. The van der Waals surface area contributed by atoms with Crippen LogP contribution < -0.4 is 0 Å². The molecule has 2 rings (SSSR count). The number of aliphatic imine (C=N–C) groups is 2. The number of ketones is 2. The minimum atomic E-state index is -0.0294. The molecule has 6 nitrogen and oxygen atoms in total. The molecule has 1 unspecified atom stereocenters. The number of phenols is 1. The summed E-state index contributed by atoms with van der Waals surface area (Å²) in [7, 11) is 0. The monoisotopic (exact) mass is 654 g/mol. The molecule has 0 spiro atoms. The predicted octanol–water partition coefficient (Wildman–Crippen LogP) is 13.0. The highest BCUT2D eigenvalue weighted by Gasteiger charge is 2.08. The Balaban J connectivity index is -0.000000262. The molecule has 0 amide bonds. The Kier molecular flexibility index (Phi) is 36.2. The molecule has 0 aliphatic heterocycles. The number of benzene rings is 1. The number of H-pyrrole nitrogens is 1. The summed E-state index contributed by atoms with van der Waals surface area (Å²) < 4.78 is 0. The molecular formula is C41H71N3O3. The fraction of sp³-hybridized carbons (Fsp3) is 0.561. The first-order chi connectivity index (χ1) is 22.2. The number of aromatic nitrogens is 1. The van der Waals surface area contributed by atoms with Gasteiger partial charge < -0.3 is 10.1 Å². The minimum Gasteiger partial charge on any atom is -0.506 e. The predicted molar refractivity (Wildman–Crippen MR) is 212 cm³/mol. The third-order valence-electron chi connectivity index (χ3n) is 6.34. The van der Waals surface area contributed by atoms with Gasteiger partial charge in [-0.15, -0.1) is 0 Å². The maximum atomic E-state index is 11.1. The van der Waals surface area contributed by atoms with E-state index >= 15 is 0 Å². The Labute approximate surface area is 289 Å². The van der Waals surface area contributed by atoms with Crippen molar-refractivity contribution in [1.82, 2.24) is 4.98 Å². The molecule has 0 saturated carbocycles. The number of aromatic amines is 1. The smallest absolute Gasteiger partial charge is 0.175 e. The zero-order valence-electron chi connectivity index (χ0n) is 32.9. The number of carbonyl (C=O) groups excluding carboxylic acids is 2. The Hall–Kier alpha value is -3.54. The lowest BCUT2D eigenvalue weighted by molar-refractivity contribution is -0.120. The van der Waals surface area contributed by atoms with E-state index in [1.165, 1.54) is 45.4 Å². The minimum absolute atomic E-state index is 0.0294. The van der Waals surface area contributed by atoms with Crippen LogP contribution in [0.1, 0.15) is 158 Å². The molecule has 2 N–H and O–H groups in total. The highest BCUT2D eigenvalue weighted by Crippen LogP contribution is 2.26. The molecule has 0 aliphatic carbocycles. The summed E-state index contributed by atoms with van der Waals surface area (Å²) in [6, 6.07) is 5.35. The van der Waals surface area contributed by atoms with Crippen LogP contribution >= 0.6 is 0 Å². The average Bonchev–Trinajstić information content (AvgIpc) is 3.49. The summed E-state index contributed by atoms with van der Waals surface area (Å²) in [5.41, 5.74) is 4.85. The van der Waals surface area contributed by atoms with E-state index in [-0.39, 0.29) is 17.5 Å². The Morgan fingerprint density at radius 2 is 1.43 bits per heavy atom. The molecule has 1 aromatic heterocycles. The number of aryl methyl sites for hydroxylation is 1. The van der Waals surface area contributed by atoms with Gasteiger partial charge in [-0.3, -0.25) is 19.6 Å². The first-order valence-electron chi connectivity index (χ1n) is 17.6. The molecule has 1 heterocycles. The molecule has 6 heteroatoms. The lowest BCUT2D eigenvalue weighted by Gasteiger charge is -2.03. The van der Waals surface area contributed by atoms with Crippen LogP contribution in [0.15, 0.2) is 64.4 Å². The van der Waals surface area contributed by atoms with Gasteiger partial charge in [-0.2, -0.15) is 0 Å². The number of allylic oxidation sites excluding steroid dienone is 3. The van der Waals surface area contributed by atoms with Crippen LogP contribution in [0.3, 0.4) is 0 Å². The Morgan fingerprint density at radius 1 is 0.894 bits per heavy atom. The van der Waals surface area contributed by atoms with Crippen molar-refractivity contribution in [2.24, 2.45) is 15.9 Å². The summed E-state index contributed by atoms with van der Waals surface area (Å²) in [5.74, 6) is 0.763. The second kappa shape index (κ2) is 33.8. The highest BCUT2D eigenvalue weighted by molar-refractivity contribution is 5.99. The summed E-state index contributed by atoms with van der Waals surface area (Å²) in [4.78, 5) is 33.2. The zero-order valence-corrected chi connectivity index (χ0v) is 32.9. The van der Waals surface area contributed by atoms with Crippen LogP contribution in [0.25, 0.3) is 10.9 Å². The molecule has 2 aromatic rings. The third kappa shape index (κ3) is 27.3. The molecule has 268 valence electrons. The van der Waals surface area contributed by atoms with Crippen molar-refractivity contribution in [3.8, 4) is 5.75 Å². The molecule has 0 bridgehead atoms. The van der Waals surface area contributed by atoms with Crippen LogP contribution in [-0.2, 0) is 4.79 Å². The van der Waals surface area contributed by atoms with Gasteiger partial charge in [0.15, 0.2) is 5.78 Å². The van der Waals surface area contributed by atoms with Gasteiger partial charge in [0.05, 0.1) is 22.6 Å². The van der Waals surface area contributed by atoms with E-state index in [9.17, 15) is 14.7 Å². The first kappa shape index (κ1) is 50.3. The van der Waals surface area contributed by atoms with Crippen LogP contribution in [-0.4, -0.2) is 33.6 Å². The molecule has 1 aromatic carbocycles. The van der Waals surface area contributed by atoms with E-state index < -0.39 is 0 Å². The van der Waals surface area contributed by atoms with Crippen molar-refractivity contribution < 1.29 is 14.7 Å². The SMILES string of the molecule is C=C/C=C(N=C(C)C)/C(=C/C)N=CC.CC.CC(=O)c1cc2cc(C)cc(O)c2[nH]1.CCCC.CCCC.CCCCC(C)C(C)=O. The van der Waals surface area contributed by atoms with Gasteiger partial charge in [0.1, 0.15) is 11.5 Å². The number of Topliss-reactive ketones (excluding diaryl/α,β-unsaturated/α-hetero) is 2. The first-order valence-corrected chi connectivity index (χ1v) is 17.6. The fourth-order valence-corrected chi connectivity index (χ4v) is 3.23. The standard InChI is InChI=1S/C12H18N2.C11H11NO2.C8H16O.2C4H10.C2H6/c1-6-9-12(14-10(4)5)11(7-2)13-8-3;1-6-3-8-5-9(7(2)13)12-11(8)10(14)4-6;1-4-5-6-7(2)8(3)9;2*1-3-4-2;1-2/h6-9H,1H2,2-5H3;3-5,12,14H,1-2H3;7H,4-6H2,1-3H3;2*3-4H2,1-2H3;1-2H3/b11-7-,12-9-,13-8?;;;;;. The van der Waals surface area contributed by atoms with Crippen LogP contribution in [0.4, 0.5) is 0 Å². The summed E-state index contributed by atoms with van der Waals surface area (Å²) in [6.07, 6.45) is 16.0. The molecule has 0 saturated heterocycles. The van der Waals surface area contributed by atoms with Crippen molar-refractivity contribution in [1.29, 1.82) is 0 Å². The largest absolute Gasteiger partial charge is 0.506 e. The van der Waals surface area contributed by atoms with Gasteiger partial charge in [-0.05, 0) is 77.8 Å². The zero-order chi connectivity index (χ0) is 37.4. The second-order valence-corrected chi connectivity index (χ2v) is 11.0. The lowest BCUT2D eigenvalue weighted by atomic mass is 10.0. The summed E-state index contributed by atoms with van der Waals surface area (Å²) >= 11 is 0. The number of rotatable bonds is 11. The summed E-state index contributed by atoms with van der Waals surface area (Å²) in [5, 5.41) is 10.5. The van der Waals surface area contributed by atoms with E-state index in [0.717, 1.165) is 34.5 Å². The fourth-order valence-electron chi connectivity index (χ4n) is 3.23. The molecular weight excluding hydrogens is 582 g/mol. The molecule has 1 atom stereocenters. The van der Waals surface area contributed by atoms with Crippen LogP contribution in [0.2, 0.25) is 0 Å². The lowest BCUT2D eigenvalue weighted by Crippen LogP contribution is -2.05. The average molecular weight is 654 g/mol. The van der Waals surface area contributed by atoms with Gasteiger partial charge in [0.25, 0.3) is 0 Å². The van der Waals surface area contributed by atoms with Crippen molar-refractivity contribution in [3.63, 3.8) is 0 Å². The van der Waals surface area contributed by atoms with Gasteiger partial charge >= 0.3 is 0 Å². The molecule has 0 aliphatic rings. The molecule has 0 fully saturated rings. The van der Waals surface area contributed by atoms with E-state index in [4.69, 9.17) is 0 Å². The van der Waals surface area contributed by atoms with Crippen molar-refractivity contribution in [2.75, 3.05) is 0 Å². The number of hydrogen-bond acceptors (Lipinski definition) is 5. The highest BCUT2D eigenvalue weighted by atomic mass is 16.3. The van der Waals surface area contributed by atoms with Gasteiger partial charge in [-0.25, -0.2) is 0 Å². The topological polar surface area (TPSA) is 94.9 Å². The van der Waals surface area contributed by atoms with Gasteiger partial charge in [0.2, 0.25) is 0 Å². The van der Waals surface area contributed by atoms with E-state index in [1.807, 2.05) is 73.6 Å². The number of nitrogens with one attached hydrogen (secondary N) is 1. The van der Waals surface area contributed by atoms with E-state index in [1.54, 1.807) is 31.3 Å². The second-order valence-electron chi connectivity index (χ2n) is 11.0. The normalized spacial score (nSPS) is 11.0. The quantitative estimate of drug-likeness (QED) is 0.143. The van der Waals surface area contributed by atoms with Crippen molar-refractivity contribution in [2.45, 2.75) is 149 Å². The van der Waals surface area contributed by atoms with Gasteiger partial charge in [-0.1, -0.05) is 113 Å². The van der Waals surface area contributed by atoms with Crippen LogP contribution in [0.5, 0.6) is 5.75 Å². The van der Waals surface area contributed by atoms with Crippen molar-refractivity contribution >= 4 is 34.4 Å². The van der Waals surface area contributed by atoms with Crippen LogP contribution in [0, 0.1) is 12.8 Å². The maximum absolute atomic E-state index is 11.1. The Morgan fingerprint density at radius 3 is 1.79 bits per heavy atom. The number of hydrogen-bond donors (Lipinski definition) is 2. The number of carbonyl (C=O) groups is 2.